The van der Waals surface area contributed by atoms with Gasteiger partial charge in [-0.3, -0.25) is 14.8 Å². The van der Waals surface area contributed by atoms with Crippen molar-refractivity contribution in [3.63, 3.8) is 0 Å². The number of Topliss-reactive ketones (excluding diaryl/α,β-unsaturated/α-hetero) is 1. The number of pyridine rings is 1. The number of amides is 1. The molecule has 0 saturated carbocycles. The van der Waals surface area contributed by atoms with Crippen molar-refractivity contribution in [2.24, 2.45) is 5.92 Å². The highest BCUT2D eigenvalue weighted by molar-refractivity contribution is 5.96. The van der Waals surface area contributed by atoms with Gasteiger partial charge in [-0.25, -0.2) is 10.5 Å². The van der Waals surface area contributed by atoms with E-state index < -0.39 is 23.9 Å². The number of nitriles is 1. The predicted molar refractivity (Wildman–Crippen MR) is 129 cm³/mol. The molecule has 1 aromatic heterocycles. The quantitative estimate of drug-likeness (QED) is 0.367. The van der Waals surface area contributed by atoms with Crippen LogP contribution in [0.3, 0.4) is 0 Å². The molecular weight excluding hydrogens is 446 g/mol. The molecule has 2 aliphatic rings. The van der Waals surface area contributed by atoms with Gasteiger partial charge in [-0.1, -0.05) is 24.3 Å². The Morgan fingerprint density at radius 1 is 1.23 bits per heavy atom. The summed E-state index contributed by atoms with van der Waals surface area (Å²) in [4.78, 5) is 30.2. The van der Waals surface area contributed by atoms with Crippen molar-refractivity contribution < 1.29 is 19.5 Å². The molecule has 4 rings (SSSR count). The molecule has 2 aromatic rings. The third kappa shape index (κ3) is 5.41. The van der Waals surface area contributed by atoms with E-state index in [4.69, 9.17) is 4.74 Å². The maximum atomic E-state index is 13.6. The molecule has 4 atom stereocenters. The Balaban J connectivity index is 1.48. The molecule has 1 aromatic carbocycles. The van der Waals surface area contributed by atoms with Crippen LogP contribution in [0.2, 0.25) is 0 Å². The molecule has 1 fully saturated rings. The van der Waals surface area contributed by atoms with Gasteiger partial charge in [0, 0.05) is 25.4 Å². The first-order chi connectivity index (χ1) is 16.9. The van der Waals surface area contributed by atoms with Crippen LogP contribution in [0.15, 0.2) is 42.6 Å². The largest absolute Gasteiger partial charge is 0.473 e. The number of rotatable bonds is 6. The van der Waals surface area contributed by atoms with Gasteiger partial charge in [-0.05, 0) is 55.0 Å². The van der Waals surface area contributed by atoms with Crippen molar-refractivity contribution in [3.8, 4) is 11.9 Å². The number of ketones is 1. The van der Waals surface area contributed by atoms with Gasteiger partial charge in [0.2, 0.25) is 11.8 Å². The van der Waals surface area contributed by atoms with Crippen LogP contribution in [0.4, 0.5) is 0 Å². The molecule has 1 unspecified atom stereocenters. The summed E-state index contributed by atoms with van der Waals surface area (Å²) in [5.41, 5.74) is 6.18. The lowest BCUT2D eigenvalue weighted by molar-refractivity contribution is -0.140. The van der Waals surface area contributed by atoms with E-state index in [1.165, 1.54) is 0 Å². The van der Waals surface area contributed by atoms with Crippen LogP contribution in [-0.4, -0.2) is 53.2 Å². The van der Waals surface area contributed by atoms with Crippen molar-refractivity contribution in [1.82, 2.24) is 21.1 Å². The highest BCUT2D eigenvalue weighted by Crippen LogP contribution is 2.29. The number of carbonyl (C=O) groups excluding carboxylic acids is 2. The van der Waals surface area contributed by atoms with E-state index in [0.29, 0.717) is 31.0 Å². The number of benzene rings is 1. The van der Waals surface area contributed by atoms with E-state index in [-0.39, 0.29) is 18.3 Å². The van der Waals surface area contributed by atoms with E-state index in [1.807, 2.05) is 32.1 Å². The summed E-state index contributed by atoms with van der Waals surface area (Å²) in [5.74, 6) is -1.13. The number of nitrogens with one attached hydrogen (secondary N) is 3. The standard InChI is InChI=1S/C26H29N5O4/c1-15-9-18(10-16(2)21(15)13-27)17-6-8-28-22(11-17)25(32)24-20(26(33)31-34)12-19(14-30-24)35-23-5-3-4-7-29-23/h3-7,9-10,19-20,22,24,28,30,34H,8,11-12,14H2,1-2H3,(H,31,33)/t19-,20-,22?,24-/m0/s1. The Morgan fingerprint density at radius 2 is 2.00 bits per heavy atom. The van der Waals surface area contributed by atoms with Gasteiger partial charge in [-0.15, -0.1) is 0 Å². The maximum Gasteiger partial charge on any atom is 0.248 e. The number of carbonyl (C=O) groups is 2. The molecule has 0 spiro atoms. The summed E-state index contributed by atoms with van der Waals surface area (Å²) >= 11 is 0. The van der Waals surface area contributed by atoms with Gasteiger partial charge >= 0.3 is 0 Å². The first-order valence-electron chi connectivity index (χ1n) is 11.6. The fourth-order valence-corrected chi connectivity index (χ4v) is 4.90. The van der Waals surface area contributed by atoms with Crippen LogP contribution in [0.1, 0.15) is 35.1 Å². The third-order valence-electron chi connectivity index (χ3n) is 6.66. The van der Waals surface area contributed by atoms with Gasteiger partial charge in [0.1, 0.15) is 6.10 Å². The zero-order chi connectivity index (χ0) is 24.9. The van der Waals surface area contributed by atoms with Crippen molar-refractivity contribution in [3.05, 3.63) is 64.9 Å². The molecule has 4 N–H and O–H groups in total. The van der Waals surface area contributed by atoms with Gasteiger partial charge in [0.05, 0.1) is 29.6 Å². The predicted octanol–water partition coefficient (Wildman–Crippen LogP) is 1.82. The molecule has 0 radical (unpaired) electrons. The molecule has 35 heavy (non-hydrogen) atoms. The molecule has 2 aliphatic heterocycles. The summed E-state index contributed by atoms with van der Waals surface area (Å²) in [7, 11) is 0. The lowest BCUT2D eigenvalue weighted by Crippen LogP contribution is -2.60. The number of hydrogen-bond donors (Lipinski definition) is 4. The van der Waals surface area contributed by atoms with Crippen molar-refractivity contribution in [1.29, 1.82) is 5.26 Å². The van der Waals surface area contributed by atoms with Crippen LogP contribution >= 0.6 is 0 Å². The Kier molecular flexibility index (Phi) is 7.56. The number of aryl methyl sites for hydroxylation is 2. The highest BCUT2D eigenvalue weighted by atomic mass is 16.5. The zero-order valence-corrected chi connectivity index (χ0v) is 19.7. The number of nitrogens with zero attached hydrogens (tertiary/aromatic N) is 2. The van der Waals surface area contributed by atoms with Crippen LogP contribution in [0.25, 0.3) is 5.57 Å². The molecule has 0 aliphatic carbocycles. The van der Waals surface area contributed by atoms with Crippen LogP contribution in [-0.2, 0) is 9.59 Å². The van der Waals surface area contributed by atoms with E-state index in [1.54, 1.807) is 29.9 Å². The Labute approximate surface area is 204 Å². The van der Waals surface area contributed by atoms with E-state index >= 15 is 0 Å². The monoisotopic (exact) mass is 475 g/mol. The van der Waals surface area contributed by atoms with Crippen LogP contribution in [0.5, 0.6) is 5.88 Å². The smallest absolute Gasteiger partial charge is 0.248 e. The Hall–Kier alpha value is -3.58. The topological polar surface area (TPSA) is 136 Å². The lowest BCUT2D eigenvalue weighted by Gasteiger charge is -2.37. The van der Waals surface area contributed by atoms with E-state index in [0.717, 1.165) is 22.3 Å². The molecule has 1 amide bonds. The molecule has 182 valence electrons. The SMILES string of the molecule is Cc1cc(C2=CCNC(C(=O)[C@H]3NC[C@@H](Oc4ccccn4)C[C@@H]3C(=O)NO)C2)cc(C)c1C#N. The number of hydrogen-bond acceptors (Lipinski definition) is 8. The number of ether oxygens (including phenoxy) is 1. The van der Waals surface area contributed by atoms with E-state index in [2.05, 4.69) is 21.7 Å². The normalized spacial score (nSPS) is 24.1. The second kappa shape index (κ2) is 10.8. The van der Waals surface area contributed by atoms with Gasteiger partial charge in [0.25, 0.3) is 0 Å². The summed E-state index contributed by atoms with van der Waals surface area (Å²) in [6, 6.07) is 10.2. The Bertz CT molecular complexity index is 1150. The molecule has 9 nitrogen and oxygen atoms in total. The van der Waals surface area contributed by atoms with Crippen molar-refractivity contribution in [2.45, 2.75) is 44.9 Å². The average molecular weight is 476 g/mol. The van der Waals surface area contributed by atoms with Gasteiger partial charge < -0.3 is 15.4 Å². The Morgan fingerprint density at radius 3 is 2.66 bits per heavy atom. The summed E-state index contributed by atoms with van der Waals surface area (Å²) < 4.78 is 5.88. The molecule has 9 heteroatoms. The highest BCUT2D eigenvalue weighted by Gasteiger charge is 2.42. The first-order valence-corrected chi connectivity index (χ1v) is 11.6. The molecule has 1 saturated heterocycles. The molecular formula is C26H29N5O4. The first kappa shape index (κ1) is 24.5. The number of aromatic nitrogens is 1. The average Bonchev–Trinajstić information content (AvgIpc) is 2.88. The minimum atomic E-state index is -0.800. The minimum Gasteiger partial charge on any atom is -0.473 e. The molecule has 0 bridgehead atoms. The summed E-state index contributed by atoms with van der Waals surface area (Å²) in [5, 5.41) is 25.1. The second-order valence-electron chi connectivity index (χ2n) is 9.01. The van der Waals surface area contributed by atoms with Crippen LogP contribution in [0, 0.1) is 31.1 Å². The third-order valence-corrected chi connectivity index (χ3v) is 6.66. The fourth-order valence-electron chi connectivity index (χ4n) is 4.90. The minimum absolute atomic E-state index is 0.137. The number of piperidine rings is 1. The fraction of sp³-hybridized carbons (Fsp3) is 0.385. The zero-order valence-electron chi connectivity index (χ0n) is 19.7. The van der Waals surface area contributed by atoms with E-state index in [9.17, 15) is 20.1 Å². The van der Waals surface area contributed by atoms with Crippen molar-refractivity contribution in [2.75, 3.05) is 13.1 Å². The lowest BCUT2D eigenvalue weighted by atomic mass is 9.81. The summed E-state index contributed by atoms with van der Waals surface area (Å²) in [6.45, 7) is 4.70. The van der Waals surface area contributed by atoms with Crippen molar-refractivity contribution >= 4 is 17.3 Å². The van der Waals surface area contributed by atoms with Gasteiger partial charge in [-0.2, -0.15) is 5.26 Å². The second-order valence-corrected chi connectivity index (χ2v) is 9.01. The molecule has 3 heterocycles. The maximum absolute atomic E-state index is 13.6. The number of hydroxylamine groups is 1. The summed E-state index contributed by atoms with van der Waals surface area (Å²) in [6.07, 6.45) is 4.01. The van der Waals surface area contributed by atoms with Crippen LogP contribution < -0.4 is 20.9 Å². The van der Waals surface area contributed by atoms with Gasteiger partial charge in [0.15, 0.2) is 5.78 Å².